The standard InChI is InChI=1S/C22H20F3N5O3/c23-22(24,25)19-13-26-21(28-15-5-9-16(10-6-15)30(31)32)29-20(19)27-14-7-11-18(12-8-14)33-17-3-1-2-4-17/h5-13,17H,1-4H2,(H2,26,27,28,29). The highest BCUT2D eigenvalue weighted by atomic mass is 19.4. The molecule has 0 spiro atoms. The van der Waals surface area contributed by atoms with Crippen LogP contribution in [0.2, 0.25) is 0 Å². The molecule has 1 saturated carbocycles. The second kappa shape index (κ2) is 9.31. The first-order valence-electron chi connectivity index (χ1n) is 10.3. The third kappa shape index (κ3) is 5.68. The zero-order valence-corrected chi connectivity index (χ0v) is 17.3. The number of nitro benzene ring substituents is 1. The molecule has 8 nitrogen and oxygen atoms in total. The predicted octanol–water partition coefficient (Wildman–Crippen LogP) is 6.21. The number of hydrogen-bond acceptors (Lipinski definition) is 7. The molecule has 0 radical (unpaired) electrons. The van der Waals surface area contributed by atoms with Crippen molar-refractivity contribution in [3.8, 4) is 5.75 Å². The fourth-order valence-electron chi connectivity index (χ4n) is 3.49. The van der Waals surface area contributed by atoms with E-state index in [2.05, 4.69) is 20.6 Å². The lowest BCUT2D eigenvalue weighted by atomic mass is 10.2. The fourth-order valence-corrected chi connectivity index (χ4v) is 3.49. The first-order valence-corrected chi connectivity index (χ1v) is 10.3. The van der Waals surface area contributed by atoms with Gasteiger partial charge in [-0.25, -0.2) is 4.98 Å². The molecule has 0 saturated heterocycles. The summed E-state index contributed by atoms with van der Waals surface area (Å²) in [5, 5.41) is 16.2. The monoisotopic (exact) mass is 459 g/mol. The molecule has 0 amide bonds. The average Bonchev–Trinajstić information content (AvgIpc) is 3.28. The smallest absolute Gasteiger partial charge is 0.421 e. The Kier molecular flexibility index (Phi) is 6.29. The molecule has 0 unspecified atom stereocenters. The molecule has 4 rings (SSSR count). The van der Waals surface area contributed by atoms with E-state index in [-0.39, 0.29) is 17.7 Å². The molecule has 1 aromatic heterocycles. The van der Waals surface area contributed by atoms with Gasteiger partial charge in [0, 0.05) is 29.7 Å². The lowest BCUT2D eigenvalue weighted by Crippen LogP contribution is -2.13. The number of rotatable bonds is 7. The van der Waals surface area contributed by atoms with Gasteiger partial charge >= 0.3 is 6.18 Å². The summed E-state index contributed by atoms with van der Waals surface area (Å²) >= 11 is 0. The summed E-state index contributed by atoms with van der Waals surface area (Å²) in [4.78, 5) is 17.9. The van der Waals surface area contributed by atoms with Gasteiger partial charge in [0.1, 0.15) is 17.1 Å². The fraction of sp³-hybridized carbons (Fsp3) is 0.273. The summed E-state index contributed by atoms with van der Waals surface area (Å²) < 4.78 is 46.4. The largest absolute Gasteiger partial charge is 0.490 e. The van der Waals surface area contributed by atoms with Crippen LogP contribution in [0.1, 0.15) is 31.2 Å². The van der Waals surface area contributed by atoms with Gasteiger partial charge in [0.15, 0.2) is 0 Å². The van der Waals surface area contributed by atoms with E-state index in [4.69, 9.17) is 4.74 Å². The first kappa shape index (κ1) is 22.3. The van der Waals surface area contributed by atoms with E-state index in [1.165, 1.54) is 24.3 Å². The van der Waals surface area contributed by atoms with Crippen molar-refractivity contribution < 1.29 is 22.8 Å². The molecule has 11 heteroatoms. The number of anilines is 4. The van der Waals surface area contributed by atoms with Crippen molar-refractivity contribution in [2.75, 3.05) is 10.6 Å². The minimum absolute atomic E-state index is 0.0967. The number of ether oxygens (including phenoxy) is 1. The van der Waals surface area contributed by atoms with Gasteiger partial charge in [-0.2, -0.15) is 18.2 Å². The summed E-state index contributed by atoms with van der Waals surface area (Å²) in [6, 6.07) is 12.0. The lowest BCUT2D eigenvalue weighted by Gasteiger charge is -2.16. The van der Waals surface area contributed by atoms with Crippen LogP contribution >= 0.6 is 0 Å². The van der Waals surface area contributed by atoms with Gasteiger partial charge in [-0.1, -0.05) is 0 Å². The van der Waals surface area contributed by atoms with Crippen molar-refractivity contribution in [2.24, 2.45) is 0 Å². The highest BCUT2D eigenvalue weighted by Gasteiger charge is 2.35. The van der Waals surface area contributed by atoms with Crippen LogP contribution < -0.4 is 15.4 Å². The van der Waals surface area contributed by atoms with Crippen LogP contribution in [0, 0.1) is 10.1 Å². The van der Waals surface area contributed by atoms with Crippen molar-refractivity contribution in [1.82, 2.24) is 9.97 Å². The van der Waals surface area contributed by atoms with E-state index in [0.717, 1.165) is 25.7 Å². The zero-order chi connectivity index (χ0) is 23.4. The minimum atomic E-state index is -4.67. The van der Waals surface area contributed by atoms with E-state index in [1.807, 2.05) is 0 Å². The molecule has 2 N–H and O–H groups in total. The quantitative estimate of drug-likeness (QED) is 0.320. The van der Waals surface area contributed by atoms with Crippen LogP contribution in [0.15, 0.2) is 54.7 Å². The second-order valence-corrected chi connectivity index (χ2v) is 7.56. The summed E-state index contributed by atoms with van der Waals surface area (Å²) in [6.45, 7) is 0. The van der Waals surface area contributed by atoms with Gasteiger partial charge in [-0.05, 0) is 62.1 Å². The van der Waals surface area contributed by atoms with Crippen LogP contribution in [-0.4, -0.2) is 21.0 Å². The van der Waals surface area contributed by atoms with Crippen molar-refractivity contribution in [2.45, 2.75) is 38.0 Å². The van der Waals surface area contributed by atoms with Gasteiger partial charge in [-0.3, -0.25) is 10.1 Å². The first-order chi connectivity index (χ1) is 15.8. The molecule has 0 bridgehead atoms. The summed E-state index contributed by atoms with van der Waals surface area (Å²) in [5.41, 5.74) is -0.349. The second-order valence-electron chi connectivity index (χ2n) is 7.56. The summed E-state index contributed by atoms with van der Waals surface area (Å²) in [6.07, 6.45) is 0.458. The molecule has 172 valence electrons. The van der Waals surface area contributed by atoms with E-state index in [0.29, 0.717) is 23.3 Å². The van der Waals surface area contributed by atoms with Gasteiger partial charge in [0.25, 0.3) is 5.69 Å². The Labute approximate surface area is 187 Å². The number of alkyl halides is 3. The highest BCUT2D eigenvalue weighted by Crippen LogP contribution is 2.36. The molecule has 0 aliphatic heterocycles. The van der Waals surface area contributed by atoms with Crippen LogP contribution in [-0.2, 0) is 6.18 Å². The molecule has 33 heavy (non-hydrogen) atoms. The predicted molar refractivity (Wildman–Crippen MR) is 116 cm³/mol. The molecule has 1 heterocycles. The number of non-ortho nitro benzene ring substituents is 1. The number of halogens is 3. The number of nitrogens with zero attached hydrogens (tertiary/aromatic N) is 3. The summed E-state index contributed by atoms with van der Waals surface area (Å²) in [5.74, 6) is 0.138. The van der Waals surface area contributed by atoms with E-state index in [9.17, 15) is 23.3 Å². The van der Waals surface area contributed by atoms with Gasteiger partial charge in [0.2, 0.25) is 5.95 Å². The number of nitrogens with one attached hydrogen (secondary N) is 2. The molecule has 3 aromatic rings. The molecule has 0 atom stereocenters. The van der Waals surface area contributed by atoms with Crippen molar-refractivity contribution in [3.05, 3.63) is 70.4 Å². The Hall–Kier alpha value is -3.89. The van der Waals surface area contributed by atoms with Gasteiger partial charge < -0.3 is 15.4 Å². The van der Waals surface area contributed by atoms with Crippen molar-refractivity contribution >= 4 is 28.8 Å². The van der Waals surface area contributed by atoms with Crippen LogP contribution in [0.25, 0.3) is 0 Å². The van der Waals surface area contributed by atoms with E-state index < -0.39 is 22.5 Å². The van der Waals surface area contributed by atoms with Crippen LogP contribution in [0.4, 0.5) is 42.0 Å². The number of benzene rings is 2. The molecule has 2 aromatic carbocycles. The maximum Gasteiger partial charge on any atom is 0.421 e. The number of aromatic nitrogens is 2. The van der Waals surface area contributed by atoms with E-state index >= 15 is 0 Å². The van der Waals surface area contributed by atoms with Crippen LogP contribution in [0.3, 0.4) is 0 Å². The molecule has 1 fully saturated rings. The van der Waals surface area contributed by atoms with E-state index in [1.54, 1.807) is 24.3 Å². The van der Waals surface area contributed by atoms with Crippen molar-refractivity contribution in [1.29, 1.82) is 0 Å². The maximum atomic E-state index is 13.5. The van der Waals surface area contributed by atoms with Crippen molar-refractivity contribution in [3.63, 3.8) is 0 Å². The molecular formula is C22H20F3N5O3. The number of hydrogen-bond donors (Lipinski definition) is 2. The Morgan fingerprint density at radius 1 is 0.970 bits per heavy atom. The maximum absolute atomic E-state index is 13.5. The molecule has 1 aliphatic rings. The normalized spacial score (nSPS) is 14.2. The summed E-state index contributed by atoms with van der Waals surface area (Å²) in [7, 11) is 0. The SMILES string of the molecule is O=[N+]([O-])c1ccc(Nc2ncc(C(F)(F)F)c(Nc3ccc(OC4CCCC4)cc3)n2)cc1. The number of nitro groups is 1. The van der Waals surface area contributed by atoms with Crippen LogP contribution in [0.5, 0.6) is 5.75 Å². The molecular weight excluding hydrogens is 439 g/mol. The Morgan fingerprint density at radius 3 is 2.18 bits per heavy atom. The lowest BCUT2D eigenvalue weighted by molar-refractivity contribution is -0.384. The van der Waals surface area contributed by atoms with Gasteiger partial charge in [-0.15, -0.1) is 0 Å². The minimum Gasteiger partial charge on any atom is -0.490 e. The highest BCUT2D eigenvalue weighted by molar-refractivity contribution is 5.63. The average molecular weight is 459 g/mol. The zero-order valence-electron chi connectivity index (χ0n) is 17.3. The van der Waals surface area contributed by atoms with Gasteiger partial charge in [0.05, 0.1) is 11.0 Å². The topological polar surface area (TPSA) is 102 Å². The third-order valence-electron chi connectivity index (χ3n) is 5.15. The Balaban J connectivity index is 1.53. The third-order valence-corrected chi connectivity index (χ3v) is 5.15. The Bertz CT molecular complexity index is 1120. The Morgan fingerprint density at radius 2 is 1.58 bits per heavy atom. The molecule has 1 aliphatic carbocycles.